The van der Waals surface area contributed by atoms with E-state index in [0.717, 1.165) is 28.1 Å². The van der Waals surface area contributed by atoms with E-state index < -0.39 is 0 Å². The van der Waals surface area contributed by atoms with Gasteiger partial charge in [-0.25, -0.2) is 0 Å². The van der Waals surface area contributed by atoms with Gasteiger partial charge in [0.25, 0.3) is 0 Å². The van der Waals surface area contributed by atoms with Gasteiger partial charge in [0.2, 0.25) is 11.7 Å². The fourth-order valence-corrected chi connectivity index (χ4v) is 4.88. The lowest BCUT2D eigenvalue weighted by atomic mass is 10.1. The average molecular weight is 489 g/mol. The van der Waals surface area contributed by atoms with Gasteiger partial charge in [0.05, 0.1) is 27.0 Å². The molecule has 3 aromatic carbocycles. The second-order valence-electron chi connectivity index (χ2n) is 7.67. The summed E-state index contributed by atoms with van der Waals surface area (Å²) in [7, 11) is 4.68. The van der Waals surface area contributed by atoms with Crippen molar-refractivity contribution in [1.82, 2.24) is 10.3 Å². The van der Waals surface area contributed by atoms with Crippen LogP contribution in [0.3, 0.4) is 0 Å². The molecule has 4 aromatic rings. The van der Waals surface area contributed by atoms with Crippen LogP contribution < -0.4 is 19.5 Å². The van der Waals surface area contributed by atoms with E-state index in [-0.39, 0.29) is 5.91 Å². The molecule has 0 atom stereocenters. The summed E-state index contributed by atoms with van der Waals surface area (Å²) in [6, 6.07) is 22.2. The summed E-state index contributed by atoms with van der Waals surface area (Å²) in [5.74, 6) is 2.17. The fourth-order valence-electron chi connectivity index (χ4n) is 3.83. The number of H-pyrrole nitrogens is 1. The molecule has 0 radical (unpaired) electrons. The molecular formula is C28H28N2O4S. The molecule has 1 aromatic heterocycles. The van der Waals surface area contributed by atoms with Crippen LogP contribution in [-0.4, -0.2) is 44.5 Å². The summed E-state index contributed by atoms with van der Waals surface area (Å²) < 4.78 is 16.1. The smallest absolute Gasteiger partial charge is 0.244 e. The first kappa shape index (κ1) is 24.3. The maximum absolute atomic E-state index is 12.4. The molecule has 6 nitrogen and oxygen atoms in total. The van der Waals surface area contributed by atoms with Gasteiger partial charge in [-0.3, -0.25) is 4.79 Å². The Labute approximate surface area is 209 Å². The average Bonchev–Trinajstić information content (AvgIpc) is 3.28. The molecule has 0 saturated heterocycles. The Hall–Kier alpha value is -3.84. The van der Waals surface area contributed by atoms with Crippen molar-refractivity contribution < 1.29 is 19.0 Å². The number of fused-ring (bicyclic) bond motifs is 1. The standard InChI is InChI=1S/C28H28N2O4S/c1-32-23-17-19(18-24(33-2)27(23)34-3)13-14-25(31)29-15-16-35-28-21-11-7-8-12-22(21)30-26(28)20-9-5-4-6-10-20/h4-14,17-18,30H,15-16H2,1-3H3,(H,29,31)/b14-13+. The van der Waals surface area contributed by atoms with Gasteiger partial charge in [-0.1, -0.05) is 48.5 Å². The minimum atomic E-state index is -0.165. The lowest BCUT2D eigenvalue weighted by Gasteiger charge is -2.12. The first-order valence-electron chi connectivity index (χ1n) is 11.2. The number of hydrogen-bond donors (Lipinski definition) is 2. The summed E-state index contributed by atoms with van der Waals surface area (Å²) in [5, 5.41) is 4.14. The molecule has 0 aliphatic heterocycles. The third-order valence-electron chi connectivity index (χ3n) is 5.48. The van der Waals surface area contributed by atoms with Gasteiger partial charge < -0.3 is 24.5 Å². The summed E-state index contributed by atoms with van der Waals surface area (Å²) in [4.78, 5) is 17.1. The second kappa shape index (κ2) is 11.5. The number of rotatable bonds is 10. The molecule has 0 aliphatic carbocycles. The van der Waals surface area contributed by atoms with Crippen molar-refractivity contribution in [1.29, 1.82) is 0 Å². The molecule has 1 heterocycles. The number of benzene rings is 3. The zero-order valence-electron chi connectivity index (χ0n) is 20.0. The van der Waals surface area contributed by atoms with E-state index in [1.165, 1.54) is 16.4 Å². The molecule has 35 heavy (non-hydrogen) atoms. The van der Waals surface area contributed by atoms with Gasteiger partial charge >= 0.3 is 0 Å². The van der Waals surface area contributed by atoms with Crippen LogP contribution >= 0.6 is 11.8 Å². The molecule has 180 valence electrons. The second-order valence-corrected chi connectivity index (χ2v) is 8.78. The molecule has 1 amide bonds. The Kier molecular flexibility index (Phi) is 8.00. The molecule has 4 rings (SSSR count). The van der Waals surface area contributed by atoms with Gasteiger partial charge in [-0.2, -0.15) is 0 Å². The van der Waals surface area contributed by atoms with E-state index >= 15 is 0 Å². The number of nitrogens with one attached hydrogen (secondary N) is 2. The SMILES string of the molecule is COc1cc(/C=C/C(=O)NCCSc2c(-c3ccccc3)[nH]c3ccccc23)cc(OC)c1OC. The molecule has 0 bridgehead atoms. The van der Waals surface area contributed by atoms with E-state index in [1.807, 2.05) is 30.3 Å². The van der Waals surface area contributed by atoms with Crippen LogP contribution in [0.5, 0.6) is 17.2 Å². The summed E-state index contributed by atoms with van der Waals surface area (Å²) in [6.07, 6.45) is 3.23. The highest BCUT2D eigenvalue weighted by atomic mass is 32.2. The van der Waals surface area contributed by atoms with Crippen LogP contribution in [0.1, 0.15) is 5.56 Å². The van der Waals surface area contributed by atoms with Crippen molar-refractivity contribution in [3.8, 4) is 28.5 Å². The lowest BCUT2D eigenvalue weighted by Crippen LogP contribution is -2.23. The molecule has 2 N–H and O–H groups in total. The monoisotopic (exact) mass is 488 g/mol. The highest BCUT2D eigenvalue weighted by Gasteiger charge is 2.14. The van der Waals surface area contributed by atoms with Gasteiger partial charge in [0.1, 0.15) is 0 Å². The van der Waals surface area contributed by atoms with Crippen molar-refractivity contribution in [2.24, 2.45) is 0 Å². The third kappa shape index (κ3) is 5.63. The lowest BCUT2D eigenvalue weighted by molar-refractivity contribution is -0.116. The number of hydrogen-bond acceptors (Lipinski definition) is 5. The molecule has 7 heteroatoms. The summed E-state index contributed by atoms with van der Waals surface area (Å²) in [6.45, 7) is 0.539. The predicted molar refractivity (Wildman–Crippen MR) is 143 cm³/mol. The maximum Gasteiger partial charge on any atom is 0.244 e. The topological polar surface area (TPSA) is 72.6 Å². The highest BCUT2D eigenvalue weighted by molar-refractivity contribution is 7.99. The number of aromatic amines is 1. The van der Waals surface area contributed by atoms with Crippen LogP contribution in [0, 0.1) is 0 Å². The zero-order chi connectivity index (χ0) is 24.6. The number of carbonyl (C=O) groups is 1. The van der Waals surface area contributed by atoms with E-state index in [9.17, 15) is 4.79 Å². The first-order chi connectivity index (χ1) is 17.1. The van der Waals surface area contributed by atoms with Crippen molar-refractivity contribution in [3.63, 3.8) is 0 Å². The number of aromatic nitrogens is 1. The zero-order valence-corrected chi connectivity index (χ0v) is 20.8. The minimum absolute atomic E-state index is 0.165. The number of amides is 1. The Balaban J connectivity index is 1.39. The third-order valence-corrected chi connectivity index (χ3v) is 6.60. The van der Waals surface area contributed by atoms with Crippen LogP contribution in [0.2, 0.25) is 0 Å². The van der Waals surface area contributed by atoms with Gasteiger partial charge in [-0.15, -0.1) is 11.8 Å². The predicted octanol–water partition coefficient (Wildman–Crippen LogP) is 5.78. The van der Waals surface area contributed by atoms with Crippen molar-refractivity contribution in [2.75, 3.05) is 33.6 Å². The normalized spacial score (nSPS) is 11.1. The quantitative estimate of drug-likeness (QED) is 0.168. The van der Waals surface area contributed by atoms with Crippen molar-refractivity contribution >= 4 is 34.6 Å². The first-order valence-corrected chi connectivity index (χ1v) is 12.2. The molecule has 0 fully saturated rings. The number of thioether (sulfide) groups is 1. The largest absolute Gasteiger partial charge is 0.493 e. The van der Waals surface area contributed by atoms with Gasteiger partial charge in [-0.05, 0) is 35.4 Å². The van der Waals surface area contributed by atoms with E-state index in [4.69, 9.17) is 14.2 Å². The van der Waals surface area contributed by atoms with Gasteiger partial charge in [0, 0.05) is 34.2 Å². The Morgan fingerprint density at radius 3 is 2.31 bits per heavy atom. The summed E-state index contributed by atoms with van der Waals surface area (Å²) in [5.41, 5.74) is 4.12. The van der Waals surface area contributed by atoms with Crippen LogP contribution in [0.25, 0.3) is 28.2 Å². The van der Waals surface area contributed by atoms with E-state index in [2.05, 4.69) is 34.6 Å². The van der Waals surface area contributed by atoms with Crippen LogP contribution in [0.15, 0.2) is 77.7 Å². The van der Waals surface area contributed by atoms with Crippen LogP contribution in [-0.2, 0) is 4.79 Å². The fraction of sp³-hybridized carbons (Fsp3) is 0.179. The molecular weight excluding hydrogens is 460 g/mol. The molecule has 0 unspecified atom stereocenters. The van der Waals surface area contributed by atoms with Crippen molar-refractivity contribution in [2.45, 2.75) is 4.90 Å². The molecule has 0 spiro atoms. The number of methoxy groups -OCH3 is 3. The van der Waals surface area contributed by atoms with Crippen molar-refractivity contribution in [3.05, 3.63) is 78.4 Å². The maximum atomic E-state index is 12.4. The Morgan fingerprint density at radius 2 is 1.63 bits per heavy atom. The Morgan fingerprint density at radius 1 is 0.943 bits per heavy atom. The summed E-state index contributed by atoms with van der Waals surface area (Å²) >= 11 is 1.73. The Bertz CT molecular complexity index is 1310. The van der Waals surface area contributed by atoms with E-state index in [1.54, 1.807) is 51.3 Å². The molecule has 0 saturated carbocycles. The number of para-hydroxylation sites is 1. The minimum Gasteiger partial charge on any atom is -0.493 e. The van der Waals surface area contributed by atoms with E-state index in [0.29, 0.717) is 23.8 Å². The number of carbonyl (C=O) groups excluding carboxylic acids is 1. The molecule has 0 aliphatic rings. The highest BCUT2D eigenvalue weighted by Crippen LogP contribution is 2.39. The number of ether oxygens (including phenoxy) is 3. The van der Waals surface area contributed by atoms with Gasteiger partial charge in [0.15, 0.2) is 11.5 Å². The van der Waals surface area contributed by atoms with Crippen LogP contribution in [0.4, 0.5) is 0 Å².